The van der Waals surface area contributed by atoms with Gasteiger partial charge < -0.3 is 10.3 Å². The van der Waals surface area contributed by atoms with E-state index in [1.54, 1.807) is 17.8 Å². The van der Waals surface area contributed by atoms with Crippen LogP contribution in [0.3, 0.4) is 0 Å². The van der Waals surface area contributed by atoms with E-state index in [-0.39, 0.29) is 23.0 Å². The van der Waals surface area contributed by atoms with E-state index in [1.807, 2.05) is 54.6 Å². The second-order valence-electron chi connectivity index (χ2n) is 8.78. The molecule has 3 aromatic carbocycles. The Morgan fingerprint density at radius 1 is 1.11 bits per heavy atom. The first-order chi connectivity index (χ1) is 17.0. The van der Waals surface area contributed by atoms with Gasteiger partial charge in [-0.15, -0.1) is 0 Å². The van der Waals surface area contributed by atoms with Gasteiger partial charge in [-0.1, -0.05) is 59.8 Å². The highest BCUT2D eigenvalue weighted by Gasteiger charge is 2.37. The van der Waals surface area contributed by atoms with Crippen LogP contribution in [0.4, 0.5) is 4.39 Å². The van der Waals surface area contributed by atoms with Gasteiger partial charge in [0.05, 0.1) is 17.1 Å². The third kappa shape index (κ3) is 6.04. The molecule has 2 N–H and O–H groups in total. The average molecular weight is 509 g/mol. The van der Waals surface area contributed by atoms with Crippen molar-refractivity contribution in [2.75, 3.05) is 13.1 Å². The largest absolute Gasteiger partial charge is 0.354 e. The van der Waals surface area contributed by atoms with Crippen LogP contribution in [0, 0.1) is 5.82 Å². The minimum atomic E-state index is -0.261. The van der Waals surface area contributed by atoms with Gasteiger partial charge in [0.1, 0.15) is 5.82 Å². The number of hydrogen-bond acceptors (Lipinski definition) is 4. The SMILES string of the molecule is O=C(NCCc1cccc(F)c1)[C@@H]1C[C@H](Sc2nc3ccccc3[nH]2)CN1Cc1cccc(Cl)c1. The number of aromatic nitrogens is 2. The van der Waals surface area contributed by atoms with Crippen molar-refractivity contribution in [3.8, 4) is 0 Å². The number of nitrogens with one attached hydrogen (secondary N) is 2. The molecule has 1 fully saturated rings. The Labute approximate surface area is 213 Å². The molecule has 1 aliphatic heterocycles. The summed E-state index contributed by atoms with van der Waals surface area (Å²) in [5, 5.41) is 4.83. The van der Waals surface area contributed by atoms with Crippen LogP contribution in [0.1, 0.15) is 17.5 Å². The number of benzene rings is 3. The second-order valence-corrected chi connectivity index (χ2v) is 10.5. The molecule has 35 heavy (non-hydrogen) atoms. The molecule has 1 amide bonds. The van der Waals surface area contributed by atoms with Crippen LogP contribution >= 0.6 is 23.4 Å². The standard InChI is InChI=1S/C27H26ClFN4OS/c28-20-7-3-6-19(13-20)16-33-17-22(35-27-31-23-9-1-2-10-24(23)32-27)15-25(33)26(34)30-12-11-18-5-4-8-21(29)14-18/h1-10,13-14,22,25H,11-12,15-17H2,(H,30,34)(H,31,32)/t22-,25-/m0/s1. The maximum atomic E-state index is 13.5. The van der Waals surface area contributed by atoms with Crippen LogP contribution in [0.15, 0.2) is 78.0 Å². The summed E-state index contributed by atoms with van der Waals surface area (Å²) >= 11 is 7.88. The van der Waals surface area contributed by atoms with Crippen molar-refractivity contribution in [3.63, 3.8) is 0 Å². The highest BCUT2D eigenvalue weighted by atomic mass is 35.5. The minimum Gasteiger partial charge on any atom is -0.354 e. The first kappa shape index (κ1) is 23.9. The highest BCUT2D eigenvalue weighted by Crippen LogP contribution is 2.33. The summed E-state index contributed by atoms with van der Waals surface area (Å²) in [4.78, 5) is 23.5. The number of hydrogen-bond donors (Lipinski definition) is 2. The molecule has 180 valence electrons. The van der Waals surface area contributed by atoms with Crippen molar-refractivity contribution in [2.45, 2.75) is 35.8 Å². The molecule has 0 unspecified atom stereocenters. The third-order valence-electron chi connectivity index (χ3n) is 6.19. The summed E-state index contributed by atoms with van der Waals surface area (Å²) in [7, 11) is 0. The van der Waals surface area contributed by atoms with Gasteiger partial charge in [0.2, 0.25) is 5.91 Å². The summed E-state index contributed by atoms with van der Waals surface area (Å²) in [5.74, 6) is -0.265. The van der Waals surface area contributed by atoms with E-state index in [0.717, 1.165) is 33.9 Å². The Kier molecular flexibility index (Phi) is 7.37. The quantitative estimate of drug-likeness (QED) is 0.332. The fraction of sp³-hybridized carbons (Fsp3) is 0.259. The number of rotatable bonds is 8. The zero-order valence-corrected chi connectivity index (χ0v) is 20.7. The first-order valence-electron chi connectivity index (χ1n) is 11.7. The molecule has 1 saturated heterocycles. The zero-order valence-electron chi connectivity index (χ0n) is 19.1. The molecule has 0 radical (unpaired) electrons. The van der Waals surface area contributed by atoms with E-state index in [9.17, 15) is 9.18 Å². The van der Waals surface area contributed by atoms with Crippen LogP contribution in [0.25, 0.3) is 11.0 Å². The molecule has 2 atom stereocenters. The van der Waals surface area contributed by atoms with Crippen molar-refractivity contribution in [3.05, 3.63) is 94.8 Å². The van der Waals surface area contributed by atoms with Crippen LogP contribution in [-0.4, -0.2) is 45.2 Å². The Hall–Kier alpha value is -2.87. The van der Waals surface area contributed by atoms with Gasteiger partial charge >= 0.3 is 0 Å². The summed E-state index contributed by atoms with van der Waals surface area (Å²) in [6.45, 7) is 1.86. The molecule has 5 nitrogen and oxygen atoms in total. The van der Waals surface area contributed by atoms with Crippen molar-refractivity contribution >= 4 is 40.3 Å². The number of nitrogens with zero attached hydrogens (tertiary/aromatic N) is 2. The number of likely N-dealkylation sites (tertiary alicyclic amines) is 1. The molecule has 1 aliphatic rings. The summed E-state index contributed by atoms with van der Waals surface area (Å²) < 4.78 is 13.5. The molecule has 8 heteroatoms. The fourth-order valence-electron chi connectivity index (χ4n) is 4.55. The molecular weight excluding hydrogens is 483 g/mol. The Morgan fingerprint density at radius 2 is 1.94 bits per heavy atom. The lowest BCUT2D eigenvalue weighted by Gasteiger charge is -2.23. The first-order valence-corrected chi connectivity index (χ1v) is 12.9. The van der Waals surface area contributed by atoms with E-state index in [2.05, 4.69) is 15.2 Å². The number of para-hydroxylation sites is 2. The average Bonchev–Trinajstić information content (AvgIpc) is 3.42. The fourth-order valence-corrected chi connectivity index (χ4v) is 5.94. The number of carbonyl (C=O) groups excluding carboxylic acids is 1. The van der Waals surface area contributed by atoms with Gasteiger partial charge in [-0.3, -0.25) is 9.69 Å². The molecule has 0 saturated carbocycles. The highest BCUT2D eigenvalue weighted by molar-refractivity contribution is 7.99. The van der Waals surface area contributed by atoms with Crippen molar-refractivity contribution in [1.29, 1.82) is 0 Å². The van der Waals surface area contributed by atoms with Gasteiger partial charge in [0.25, 0.3) is 0 Å². The Bertz CT molecular complexity index is 1300. The van der Waals surface area contributed by atoms with Crippen molar-refractivity contribution in [1.82, 2.24) is 20.2 Å². The van der Waals surface area contributed by atoms with Gasteiger partial charge in [-0.25, -0.2) is 9.37 Å². The lowest BCUT2D eigenvalue weighted by atomic mass is 10.1. The van der Waals surface area contributed by atoms with Crippen LogP contribution in [-0.2, 0) is 17.8 Å². The number of aromatic amines is 1. The topological polar surface area (TPSA) is 61.0 Å². The molecule has 4 aromatic rings. The van der Waals surface area contributed by atoms with E-state index in [0.29, 0.717) is 31.0 Å². The number of fused-ring (bicyclic) bond motifs is 1. The molecule has 0 spiro atoms. The summed E-state index contributed by atoms with van der Waals surface area (Å²) in [6.07, 6.45) is 1.30. The molecule has 1 aromatic heterocycles. The number of imidazole rings is 1. The van der Waals surface area contributed by atoms with Crippen LogP contribution < -0.4 is 5.32 Å². The molecular formula is C27H26ClFN4OS. The van der Waals surface area contributed by atoms with Crippen molar-refractivity contribution in [2.24, 2.45) is 0 Å². The van der Waals surface area contributed by atoms with E-state index < -0.39 is 0 Å². The minimum absolute atomic E-state index is 0.00358. The second kappa shape index (κ2) is 10.8. The lowest BCUT2D eigenvalue weighted by Crippen LogP contribution is -2.43. The number of thioether (sulfide) groups is 1. The third-order valence-corrected chi connectivity index (χ3v) is 7.52. The maximum Gasteiger partial charge on any atom is 0.237 e. The van der Waals surface area contributed by atoms with Crippen LogP contribution in [0.2, 0.25) is 5.02 Å². The molecule has 0 bridgehead atoms. The van der Waals surface area contributed by atoms with Gasteiger partial charge in [0.15, 0.2) is 5.16 Å². The van der Waals surface area contributed by atoms with E-state index in [4.69, 9.17) is 16.6 Å². The smallest absolute Gasteiger partial charge is 0.237 e. The molecule has 5 rings (SSSR count). The predicted molar refractivity (Wildman–Crippen MR) is 139 cm³/mol. The van der Waals surface area contributed by atoms with Gasteiger partial charge in [-0.2, -0.15) is 0 Å². The maximum absolute atomic E-state index is 13.5. The van der Waals surface area contributed by atoms with Gasteiger partial charge in [-0.05, 0) is 60.4 Å². The molecule has 0 aliphatic carbocycles. The number of halogens is 2. The molecule has 2 heterocycles. The monoisotopic (exact) mass is 508 g/mol. The van der Waals surface area contributed by atoms with E-state index in [1.165, 1.54) is 12.1 Å². The Balaban J connectivity index is 1.27. The van der Waals surface area contributed by atoms with Crippen molar-refractivity contribution < 1.29 is 9.18 Å². The van der Waals surface area contributed by atoms with Crippen LogP contribution in [0.5, 0.6) is 0 Å². The summed E-state index contributed by atoms with van der Waals surface area (Å²) in [6, 6.07) is 22.0. The van der Waals surface area contributed by atoms with E-state index >= 15 is 0 Å². The van der Waals surface area contributed by atoms with Gasteiger partial charge in [0, 0.05) is 29.9 Å². The number of H-pyrrole nitrogens is 1. The number of carbonyl (C=O) groups is 1. The predicted octanol–water partition coefficient (Wildman–Crippen LogP) is 5.45. The summed E-state index contributed by atoms with van der Waals surface area (Å²) in [5.41, 5.74) is 3.89. The zero-order chi connectivity index (χ0) is 24.2. The lowest BCUT2D eigenvalue weighted by molar-refractivity contribution is -0.125. The number of amides is 1. The Morgan fingerprint density at radius 3 is 2.77 bits per heavy atom. The normalized spacial score (nSPS) is 18.2.